The summed E-state index contributed by atoms with van der Waals surface area (Å²) in [7, 11) is 0. The van der Waals surface area contributed by atoms with E-state index >= 15 is 0 Å². The lowest BCUT2D eigenvalue weighted by atomic mass is 10.1. The van der Waals surface area contributed by atoms with Crippen molar-refractivity contribution >= 4 is 6.09 Å². The summed E-state index contributed by atoms with van der Waals surface area (Å²) in [6.07, 6.45) is 5.63. The topological polar surface area (TPSA) is 86.1 Å². The van der Waals surface area contributed by atoms with Crippen LogP contribution < -0.4 is 15.5 Å². The van der Waals surface area contributed by atoms with E-state index in [4.69, 9.17) is 4.74 Å². The van der Waals surface area contributed by atoms with Crippen molar-refractivity contribution in [3.63, 3.8) is 0 Å². The van der Waals surface area contributed by atoms with E-state index in [-0.39, 0.29) is 5.43 Å². The maximum Gasteiger partial charge on any atom is 0.412 e. The van der Waals surface area contributed by atoms with Gasteiger partial charge in [0.2, 0.25) is 5.43 Å². The Bertz CT molecular complexity index is 970. The molecule has 0 saturated carbocycles. The molecule has 0 spiro atoms. The van der Waals surface area contributed by atoms with E-state index in [0.717, 1.165) is 17.7 Å². The average Bonchev–Trinajstić information content (AvgIpc) is 2.69. The highest BCUT2D eigenvalue weighted by Crippen LogP contribution is 2.15. The molecule has 0 bridgehead atoms. The molecule has 27 heavy (non-hydrogen) atoms. The van der Waals surface area contributed by atoms with E-state index in [0.29, 0.717) is 24.4 Å². The summed E-state index contributed by atoms with van der Waals surface area (Å²) >= 11 is 0. The average molecular weight is 364 g/mol. The third kappa shape index (κ3) is 5.01. The summed E-state index contributed by atoms with van der Waals surface area (Å²) in [6.45, 7) is 2.52. The SMILES string of the molecule is CCCNC(=O)Oc1cccc(Cc2nn(-c3ccncc3)ccc2=O)c1. The lowest BCUT2D eigenvalue weighted by Gasteiger charge is -2.09. The number of carbonyl (C=O) groups excluding carboxylic acids is 1. The minimum atomic E-state index is -0.494. The van der Waals surface area contributed by atoms with Crippen LogP contribution >= 0.6 is 0 Å². The first-order valence-corrected chi connectivity index (χ1v) is 8.69. The van der Waals surface area contributed by atoms with Crippen molar-refractivity contribution in [1.29, 1.82) is 0 Å². The minimum Gasteiger partial charge on any atom is -0.410 e. The molecule has 3 rings (SSSR count). The number of hydrogen-bond acceptors (Lipinski definition) is 5. The first-order valence-electron chi connectivity index (χ1n) is 8.69. The molecule has 1 aromatic carbocycles. The van der Waals surface area contributed by atoms with Gasteiger partial charge in [0.25, 0.3) is 0 Å². The van der Waals surface area contributed by atoms with Gasteiger partial charge in [-0.1, -0.05) is 19.1 Å². The Labute approximate surface area is 156 Å². The Kier molecular flexibility index (Phi) is 5.94. The van der Waals surface area contributed by atoms with Crippen LogP contribution in [0, 0.1) is 0 Å². The Hall–Kier alpha value is -3.48. The second-order valence-electron chi connectivity index (χ2n) is 5.92. The van der Waals surface area contributed by atoms with Crippen LogP contribution in [0.25, 0.3) is 5.69 Å². The normalized spacial score (nSPS) is 10.4. The molecule has 2 heterocycles. The number of benzene rings is 1. The summed E-state index contributed by atoms with van der Waals surface area (Å²) in [5.74, 6) is 0.423. The van der Waals surface area contributed by atoms with Gasteiger partial charge in [0, 0.05) is 37.6 Å². The van der Waals surface area contributed by atoms with Crippen molar-refractivity contribution in [1.82, 2.24) is 20.1 Å². The van der Waals surface area contributed by atoms with Gasteiger partial charge in [0.05, 0.1) is 5.69 Å². The van der Waals surface area contributed by atoms with Crippen LogP contribution in [0.1, 0.15) is 24.6 Å². The summed E-state index contributed by atoms with van der Waals surface area (Å²) in [6, 6.07) is 12.2. The number of hydrogen-bond donors (Lipinski definition) is 1. The largest absolute Gasteiger partial charge is 0.412 e. The predicted molar refractivity (Wildman–Crippen MR) is 101 cm³/mol. The van der Waals surface area contributed by atoms with E-state index in [2.05, 4.69) is 15.4 Å². The van der Waals surface area contributed by atoms with Gasteiger partial charge in [0.1, 0.15) is 11.4 Å². The molecule has 0 saturated heterocycles. The fourth-order valence-electron chi connectivity index (χ4n) is 2.49. The number of rotatable bonds is 6. The van der Waals surface area contributed by atoms with Crippen molar-refractivity contribution in [2.24, 2.45) is 0 Å². The predicted octanol–water partition coefficient (Wildman–Crippen LogP) is 2.72. The molecule has 138 valence electrons. The Morgan fingerprint density at radius 2 is 2.00 bits per heavy atom. The molecule has 0 aliphatic carbocycles. The van der Waals surface area contributed by atoms with Gasteiger partial charge in [-0.2, -0.15) is 5.10 Å². The summed E-state index contributed by atoms with van der Waals surface area (Å²) in [5, 5.41) is 7.08. The number of aromatic nitrogens is 3. The zero-order chi connectivity index (χ0) is 19.1. The molecule has 2 aromatic heterocycles. The molecule has 0 fully saturated rings. The van der Waals surface area contributed by atoms with Crippen LogP contribution in [-0.2, 0) is 6.42 Å². The van der Waals surface area contributed by atoms with Gasteiger partial charge >= 0.3 is 6.09 Å². The molecule has 0 unspecified atom stereocenters. The monoisotopic (exact) mass is 364 g/mol. The molecule has 0 atom stereocenters. The van der Waals surface area contributed by atoms with E-state index < -0.39 is 6.09 Å². The van der Waals surface area contributed by atoms with Gasteiger partial charge in [-0.25, -0.2) is 9.48 Å². The molecule has 1 amide bonds. The summed E-state index contributed by atoms with van der Waals surface area (Å²) < 4.78 is 6.89. The third-order valence-electron chi connectivity index (χ3n) is 3.81. The number of amides is 1. The van der Waals surface area contributed by atoms with E-state index in [9.17, 15) is 9.59 Å². The Balaban J connectivity index is 1.78. The number of nitrogens with zero attached hydrogens (tertiary/aromatic N) is 3. The van der Waals surface area contributed by atoms with Crippen molar-refractivity contribution < 1.29 is 9.53 Å². The second kappa shape index (κ2) is 8.75. The highest BCUT2D eigenvalue weighted by Gasteiger charge is 2.08. The van der Waals surface area contributed by atoms with Crippen LogP contribution in [0.3, 0.4) is 0 Å². The number of pyridine rings is 1. The fraction of sp³-hybridized carbons (Fsp3) is 0.200. The van der Waals surface area contributed by atoms with Crippen LogP contribution in [-0.4, -0.2) is 27.4 Å². The maximum atomic E-state index is 12.2. The van der Waals surface area contributed by atoms with Gasteiger partial charge in [-0.3, -0.25) is 9.78 Å². The molecule has 1 N–H and O–H groups in total. The van der Waals surface area contributed by atoms with Gasteiger partial charge in [-0.15, -0.1) is 0 Å². The molecular weight excluding hydrogens is 344 g/mol. The minimum absolute atomic E-state index is 0.146. The highest BCUT2D eigenvalue weighted by atomic mass is 16.6. The van der Waals surface area contributed by atoms with E-state index in [1.54, 1.807) is 41.5 Å². The van der Waals surface area contributed by atoms with Crippen LogP contribution in [0.15, 0.2) is 65.8 Å². The molecule has 0 radical (unpaired) electrons. The van der Waals surface area contributed by atoms with Gasteiger partial charge < -0.3 is 10.1 Å². The highest BCUT2D eigenvalue weighted by molar-refractivity contribution is 5.70. The van der Waals surface area contributed by atoms with Crippen LogP contribution in [0.5, 0.6) is 5.75 Å². The lowest BCUT2D eigenvalue weighted by Crippen LogP contribution is -2.27. The summed E-state index contributed by atoms with van der Waals surface area (Å²) in [5.41, 5.74) is 1.90. The Morgan fingerprint density at radius 1 is 1.19 bits per heavy atom. The number of ether oxygens (including phenoxy) is 1. The number of nitrogens with one attached hydrogen (secondary N) is 1. The zero-order valence-corrected chi connectivity index (χ0v) is 15.0. The van der Waals surface area contributed by atoms with Gasteiger partial charge in [0.15, 0.2) is 0 Å². The van der Waals surface area contributed by atoms with E-state index in [1.165, 1.54) is 6.07 Å². The van der Waals surface area contributed by atoms with E-state index in [1.807, 2.05) is 25.1 Å². The smallest absolute Gasteiger partial charge is 0.410 e. The summed E-state index contributed by atoms with van der Waals surface area (Å²) in [4.78, 5) is 27.9. The van der Waals surface area contributed by atoms with Crippen LogP contribution in [0.2, 0.25) is 0 Å². The molecule has 3 aromatic rings. The second-order valence-corrected chi connectivity index (χ2v) is 5.92. The maximum absolute atomic E-state index is 12.2. The molecule has 7 heteroatoms. The van der Waals surface area contributed by atoms with Crippen LogP contribution in [0.4, 0.5) is 4.79 Å². The van der Waals surface area contributed by atoms with Crippen molar-refractivity contribution in [2.75, 3.05) is 6.54 Å². The first kappa shape index (κ1) is 18.3. The molecule has 7 nitrogen and oxygen atoms in total. The standard InChI is InChI=1S/C20H20N4O3/c1-2-9-22-20(26)27-17-5-3-4-15(13-17)14-18-19(25)8-12-24(23-18)16-6-10-21-11-7-16/h3-8,10-13H,2,9,14H2,1H3,(H,22,26). The number of carbonyl (C=O) groups is 1. The fourth-order valence-corrected chi connectivity index (χ4v) is 2.49. The molecule has 0 aliphatic heterocycles. The van der Waals surface area contributed by atoms with Gasteiger partial charge in [-0.05, 0) is 36.2 Å². The Morgan fingerprint density at radius 3 is 2.78 bits per heavy atom. The molecular formula is C20H20N4O3. The molecule has 0 aliphatic rings. The lowest BCUT2D eigenvalue weighted by molar-refractivity contribution is 0.200. The van der Waals surface area contributed by atoms with Crippen molar-refractivity contribution in [2.45, 2.75) is 19.8 Å². The zero-order valence-electron chi connectivity index (χ0n) is 15.0. The quantitative estimate of drug-likeness (QED) is 0.727. The van der Waals surface area contributed by atoms with Crippen molar-refractivity contribution in [3.8, 4) is 11.4 Å². The first-order chi connectivity index (χ1) is 13.2. The van der Waals surface area contributed by atoms with Crippen molar-refractivity contribution in [3.05, 3.63) is 82.5 Å². The third-order valence-corrected chi connectivity index (χ3v) is 3.81.